The van der Waals surface area contributed by atoms with Crippen LogP contribution < -0.4 is 4.74 Å². The molecule has 0 aliphatic heterocycles. The third kappa shape index (κ3) is 6.98. The molecule has 5 heteroatoms. The Morgan fingerprint density at radius 3 is 2.12 bits per heavy atom. The van der Waals surface area contributed by atoms with Gasteiger partial charge in [0.1, 0.15) is 29.7 Å². The number of aromatic nitrogens is 3. The summed E-state index contributed by atoms with van der Waals surface area (Å²) >= 11 is 0. The number of hydrogen-bond acceptors (Lipinski definition) is 5. The van der Waals surface area contributed by atoms with Gasteiger partial charge in [0.25, 0.3) is 0 Å². The van der Waals surface area contributed by atoms with Crippen molar-refractivity contribution in [2.45, 2.75) is 71.1 Å². The van der Waals surface area contributed by atoms with Crippen LogP contribution in [0.25, 0.3) is 11.4 Å². The van der Waals surface area contributed by atoms with E-state index in [1.165, 1.54) is 70.4 Å². The lowest BCUT2D eigenvalue weighted by Gasteiger charge is -2.11. The lowest BCUT2D eigenvalue weighted by Crippen LogP contribution is -2.00. The van der Waals surface area contributed by atoms with Crippen molar-refractivity contribution >= 4 is 0 Å². The standard InChI is InChI=1S/C21H31N3O2/c1-2-3-4-5-6-7-8-9-10-11-15-26-19-14-12-13-18(25)20(19)21-23-16-22-17-24-21/h12-14,16-17,25H,2-11,15H2,1H3. The lowest BCUT2D eigenvalue weighted by atomic mass is 10.1. The van der Waals surface area contributed by atoms with E-state index in [4.69, 9.17) is 4.74 Å². The summed E-state index contributed by atoms with van der Waals surface area (Å²) in [5.41, 5.74) is 0.530. The highest BCUT2D eigenvalue weighted by Crippen LogP contribution is 2.35. The second-order valence-electron chi connectivity index (χ2n) is 6.64. The fraction of sp³-hybridized carbons (Fsp3) is 0.571. The first-order valence-electron chi connectivity index (χ1n) is 9.90. The molecule has 5 nitrogen and oxygen atoms in total. The van der Waals surface area contributed by atoms with Gasteiger partial charge in [0.15, 0.2) is 5.82 Å². The van der Waals surface area contributed by atoms with Crippen LogP contribution in [0.5, 0.6) is 11.5 Å². The topological polar surface area (TPSA) is 68.1 Å². The average Bonchev–Trinajstić information content (AvgIpc) is 2.67. The van der Waals surface area contributed by atoms with Crippen molar-refractivity contribution in [1.29, 1.82) is 0 Å². The maximum absolute atomic E-state index is 10.1. The van der Waals surface area contributed by atoms with E-state index in [0.29, 0.717) is 23.7 Å². The van der Waals surface area contributed by atoms with Gasteiger partial charge >= 0.3 is 0 Å². The molecule has 26 heavy (non-hydrogen) atoms. The van der Waals surface area contributed by atoms with Crippen molar-refractivity contribution in [3.8, 4) is 22.9 Å². The molecule has 142 valence electrons. The quantitative estimate of drug-likeness (QED) is 0.476. The van der Waals surface area contributed by atoms with Crippen LogP contribution in [-0.2, 0) is 0 Å². The molecule has 0 aliphatic carbocycles. The van der Waals surface area contributed by atoms with Crippen LogP contribution in [0.15, 0.2) is 30.9 Å². The summed E-state index contributed by atoms with van der Waals surface area (Å²) in [6, 6.07) is 5.23. The molecule has 0 radical (unpaired) electrons. The fourth-order valence-corrected chi connectivity index (χ4v) is 3.00. The maximum Gasteiger partial charge on any atom is 0.170 e. The Labute approximate surface area is 156 Å². The molecule has 0 unspecified atom stereocenters. The van der Waals surface area contributed by atoms with Crippen molar-refractivity contribution in [3.63, 3.8) is 0 Å². The minimum atomic E-state index is 0.122. The maximum atomic E-state index is 10.1. The van der Waals surface area contributed by atoms with Crippen LogP contribution in [0.1, 0.15) is 71.1 Å². The van der Waals surface area contributed by atoms with Crippen LogP contribution in [0.3, 0.4) is 0 Å². The molecule has 0 atom stereocenters. The number of rotatable bonds is 13. The van der Waals surface area contributed by atoms with E-state index >= 15 is 0 Å². The summed E-state index contributed by atoms with van der Waals surface area (Å²) in [6.07, 6.45) is 15.8. The molecular weight excluding hydrogens is 326 g/mol. The van der Waals surface area contributed by atoms with Crippen molar-refractivity contribution in [2.75, 3.05) is 6.61 Å². The van der Waals surface area contributed by atoms with Gasteiger partial charge in [-0.3, -0.25) is 0 Å². The molecule has 2 rings (SSSR count). The van der Waals surface area contributed by atoms with Crippen LogP contribution >= 0.6 is 0 Å². The zero-order chi connectivity index (χ0) is 18.5. The highest BCUT2D eigenvalue weighted by Gasteiger charge is 2.13. The normalized spacial score (nSPS) is 10.8. The fourth-order valence-electron chi connectivity index (χ4n) is 3.00. The predicted molar refractivity (Wildman–Crippen MR) is 104 cm³/mol. The van der Waals surface area contributed by atoms with E-state index < -0.39 is 0 Å². The Hall–Kier alpha value is -2.17. The summed E-state index contributed by atoms with van der Waals surface area (Å²) in [6.45, 7) is 2.89. The molecule has 0 fully saturated rings. The Bertz CT molecular complexity index is 620. The molecule has 0 amide bonds. The first kappa shape index (κ1) is 20.1. The van der Waals surface area contributed by atoms with Gasteiger partial charge in [0.05, 0.1) is 6.61 Å². The van der Waals surface area contributed by atoms with Gasteiger partial charge in [-0.15, -0.1) is 0 Å². The number of unbranched alkanes of at least 4 members (excludes halogenated alkanes) is 9. The SMILES string of the molecule is CCCCCCCCCCCCOc1cccc(O)c1-c1ncncn1. The second kappa shape index (κ2) is 12.2. The molecule has 0 bridgehead atoms. The van der Waals surface area contributed by atoms with Gasteiger partial charge in [-0.2, -0.15) is 0 Å². The van der Waals surface area contributed by atoms with Gasteiger partial charge < -0.3 is 9.84 Å². The Balaban J connectivity index is 1.67. The zero-order valence-corrected chi connectivity index (χ0v) is 15.9. The van der Waals surface area contributed by atoms with Crippen LogP contribution in [0.2, 0.25) is 0 Å². The molecular formula is C21H31N3O2. The first-order chi connectivity index (χ1) is 12.8. The summed E-state index contributed by atoms with van der Waals surface area (Å²) in [5, 5.41) is 10.1. The third-order valence-corrected chi connectivity index (χ3v) is 4.48. The number of ether oxygens (including phenoxy) is 1. The first-order valence-corrected chi connectivity index (χ1v) is 9.90. The van der Waals surface area contributed by atoms with E-state index in [9.17, 15) is 5.11 Å². The molecule has 1 aromatic heterocycles. The van der Waals surface area contributed by atoms with E-state index in [0.717, 1.165) is 6.42 Å². The molecule has 1 heterocycles. The number of aromatic hydroxyl groups is 1. The number of phenols is 1. The van der Waals surface area contributed by atoms with Gasteiger partial charge in [-0.1, -0.05) is 70.8 Å². The van der Waals surface area contributed by atoms with Gasteiger partial charge in [0.2, 0.25) is 0 Å². The van der Waals surface area contributed by atoms with Gasteiger partial charge in [-0.25, -0.2) is 15.0 Å². The predicted octanol–water partition coefficient (Wildman–Crippen LogP) is 5.54. The van der Waals surface area contributed by atoms with Crippen molar-refractivity contribution in [2.24, 2.45) is 0 Å². The number of hydrogen-bond donors (Lipinski definition) is 1. The second-order valence-corrected chi connectivity index (χ2v) is 6.64. The largest absolute Gasteiger partial charge is 0.507 e. The molecule has 0 saturated carbocycles. The Morgan fingerprint density at radius 2 is 1.46 bits per heavy atom. The summed E-state index contributed by atoms with van der Waals surface area (Å²) in [4.78, 5) is 12.0. The lowest BCUT2D eigenvalue weighted by molar-refractivity contribution is 0.304. The zero-order valence-electron chi connectivity index (χ0n) is 15.9. The molecule has 1 aromatic carbocycles. The molecule has 0 spiro atoms. The minimum Gasteiger partial charge on any atom is -0.507 e. The van der Waals surface area contributed by atoms with Gasteiger partial charge in [-0.05, 0) is 18.6 Å². The number of benzene rings is 1. The number of phenolic OH excluding ortho intramolecular Hbond substituents is 1. The van der Waals surface area contributed by atoms with Crippen molar-refractivity contribution in [1.82, 2.24) is 15.0 Å². The molecule has 0 aliphatic rings. The summed E-state index contributed by atoms with van der Waals surface area (Å²) in [5.74, 6) is 1.17. The van der Waals surface area contributed by atoms with Crippen molar-refractivity contribution < 1.29 is 9.84 Å². The van der Waals surface area contributed by atoms with Crippen LogP contribution in [-0.4, -0.2) is 26.7 Å². The summed E-state index contributed by atoms with van der Waals surface area (Å²) in [7, 11) is 0. The molecule has 0 saturated heterocycles. The van der Waals surface area contributed by atoms with Crippen molar-refractivity contribution in [3.05, 3.63) is 30.9 Å². The minimum absolute atomic E-state index is 0.122. The Morgan fingerprint density at radius 1 is 0.846 bits per heavy atom. The molecule has 2 aromatic rings. The molecule has 1 N–H and O–H groups in total. The number of nitrogens with zero attached hydrogens (tertiary/aromatic N) is 3. The van der Waals surface area contributed by atoms with E-state index in [1.807, 2.05) is 6.07 Å². The van der Waals surface area contributed by atoms with E-state index in [2.05, 4.69) is 21.9 Å². The highest BCUT2D eigenvalue weighted by atomic mass is 16.5. The smallest absolute Gasteiger partial charge is 0.170 e. The average molecular weight is 357 g/mol. The summed E-state index contributed by atoms with van der Waals surface area (Å²) < 4.78 is 5.88. The van der Waals surface area contributed by atoms with Gasteiger partial charge in [0, 0.05) is 0 Å². The third-order valence-electron chi connectivity index (χ3n) is 4.48. The van der Waals surface area contributed by atoms with Crippen LogP contribution in [0, 0.1) is 0 Å². The highest BCUT2D eigenvalue weighted by molar-refractivity contribution is 5.70. The van der Waals surface area contributed by atoms with E-state index in [1.54, 1.807) is 12.1 Å². The van der Waals surface area contributed by atoms with Crippen LogP contribution in [0.4, 0.5) is 0 Å². The Kier molecular flexibility index (Phi) is 9.47. The monoisotopic (exact) mass is 357 g/mol. The van der Waals surface area contributed by atoms with E-state index in [-0.39, 0.29) is 5.75 Å².